The first-order chi connectivity index (χ1) is 9.04. The van der Waals surface area contributed by atoms with Gasteiger partial charge in [0.2, 0.25) is 5.91 Å². The maximum atomic E-state index is 10.8. The number of fused-ring (bicyclic) bond motifs is 1. The smallest absolute Gasteiger partial charge is 0.409 e. The summed E-state index contributed by atoms with van der Waals surface area (Å²) in [5.41, 5.74) is 1.20. The molecule has 0 aliphatic carbocycles. The second-order valence-corrected chi connectivity index (χ2v) is 4.20. The van der Waals surface area contributed by atoms with Crippen molar-refractivity contribution in [1.82, 2.24) is 5.32 Å². The summed E-state index contributed by atoms with van der Waals surface area (Å²) >= 11 is 0. The van der Waals surface area contributed by atoms with E-state index in [1.165, 1.54) is 6.92 Å². The van der Waals surface area contributed by atoms with Gasteiger partial charge in [-0.25, -0.2) is 4.79 Å². The summed E-state index contributed by atoms with van der Waals surface area (Å²) in [6.07, 6.45) is -1.25. The molecule has 7 heteroatoms. The minimum absolute atomic E-state index is 0.101. The Kier molecular flexibility index (Phi) is 3.74. The summed E-state index contributed by atoms with van der Waals surface area (Å²) in [7, 11) is 0. The van der Waals surface area contributed by atoms with Gasteiger partial charge in [0.25, 0.3) is 0 Å². The van der Waals surface area contributed by atoms with Crippen molar-refractivity contribution in [2.75, 3.05) is 23.7 Å². The van der Waals surface area contributed by atoms with Crippen molar-refractivity contribution < 1.29 is 19.4 Å². The van der Waals surface area contributed by atoms with Crippen molar-refractivity contribution in [3.63, 3.8) is 0 Å². The quantitative estimate of drug-likeness (QED) is 0.655. The second kappa shape index (κ2) is 5.47. The van der Waals surface area contributed by atoms with E-state index in [0.29, 0.717) is 24.5 Å². The molecule has 2 amide bonds. The third-order valence-electron chi connectivity index (χ3n) is 2.62. The molecule has 1 heterocycles. The van der Waals surface area contributed by atoms with Crippen LogP contribution in [0.25, 0.3) is 0 Å². The van der Waals surface area contributed by atoms with Crippen molar-refractivity contribution in [3.05, 3.63) is 18.2 Å². The summed E-state index contributed by atoms with van der Waals surface area (Å²) in [4.78, 5) is 21.4. The van der Waals surface area contributed by atoms with Crippen LogP contribution < -0.4 is 20.7 Å². The van der Waals surface area contributed by atoms with Crippen LogP contribution in [0.1, 0.15) is 6.92 Å². The number of carbonyl (C=O) groups excluding carboxylic acids is 1. The Balaban J connectivity index is 2.01. The number of hydrogen-bond acceptors (Lipinski definition) is 4. The third-order valence-corrected chi connectivity index (χ3v) is 2.62. The van der Waals surface area contributed by atoms with Gasteiger partial charge in [0.05, 0.1) is 18.8 Å². The summed E-state index contributed by atoms with van der Waals surface area (Å²) < 4.78 is 5.69. The van der Waals surface area contributed by atoms with Gasteiger partial charge in [0.1, 0.15) is 11.9 Å². The molecule has 1 aromatic carbocycles. The molecular weight excluding hydrogens is 250 g/mol. The van der Waals surface area contributed by atoms with Crippen molar-refractivity contribution in [2.24, 2.45) is 0 Å². The molecule has 2 rings (SSSR count). The normalized spacial score (nSPS) is 16.6. The van der Waals surface area contributed by atoms with Crippen LogP contribution in [0.15, 0.2) is 18.2 Å². The van der Waals surface area contributed by atoms with Crippen LogP contribution in [0.5, 0.6) is 5.75 Å². The standard InChI is InChI=1S/C12H15N3O4/c1-7(16)13-5-9-6-14-10-4-8(15-12(17)18)2-3-11(10)19-9/h2-4,9,14-15H,5-6H2,1H3,(H,13,16)(H,17,18). The van der Waals surface area contributed by atoms with E-state index in [9.17, 15) is 9.59 Å². The Labute approximate surface area is 109 Å². The maximum absolute atomic E-state index is 10.8. The lowest BCUT2D eigenvalue weighted by atomic mass is 10.2. The van der Waals surface area contributed by atoms with Crippen LogP contribution >= 0.6 is 0 Å². The first-order valence-electron chi connectivity index (χ1n) is 5.83. The maximum Gasteiger partial charge on any atom is 0.409 e. The predicted octanol–water partition coefficient (Wildman–Crippen LogP) is 1.09. The van der Waals surface area contributed by atoms with E-state index in [0.717, 1.165) is 5.69 Å². The minimum atomic E-state index is -1.11. The second-order valence-electron chi connectivity index (χ2n) is 4.20. The Morgan fingerprint density at radius 3 is 3.00 bits per heavy atom. The number of hydrogen-bond donors (Lipinski definition) is 4. The molecule has 1 aliphatic rings. The number of anilines is 2. The summed E-state index contributed by atoms with van der Waals surface area (Å²) in [5, 5.41) is 16.7. The molecule has 0 spiro atoms. The average molecular weight is 265 g/mol. The summed E-state index contributed by atoms with van der Waals surface area (Å²) in [6, 6.07) is 4.97. The van der Waals surface area contributed by atoms with E-state index in [1.807, 2.05) is 0 Å². The van der Waals surface area contributed by atoms with Crippen LogP contribution in [0.3, 0.4) is 0 Å². The first kappa shape index (κ1) is 13.0. The molecule has 0 saturated heterocycles. The van der Waals surface area contributed by atoms with Crippen LogP contribution in [0.4, 0.5) is 16.2 Å². The highest BCUT2D eigenvalue weighted by atomic mass is 16.5. The Morgan fingerprint density at radius 2 is 2.32 bits per heavy atom. The zero-order chi connectivity index (χ0) is 13.8. The van der Waals surface area contributed by atoms with Crippen molar-refractivity contribution in [2.45, 2.75) is 13.0 Å². The number of rotatable bonds is 3. The molecular formula is C12H15N3O4. The molecule has 1 atom stereocenters. The number of benzene rings is 1. The zero-order valence-electron chi connectivity index (χ0n) is 10.4. The number of amides is 2. The lowest BCUT2D eigenvalue weighted by Crippen LogP contribution is -2.40. The van der Waals surface area contributed by atoms with Gasteiger partial charge >= 0.3 is 6.09 Å². The predicted molar refractivity (Wildman–Crippen MR) is 69.7 cm³/mol. The fourth-order valence-corrected chi connectivity index (χ4v) is 1.79. The van der Waals surface area contributed by atoms with E-state index >= 15 is 0 Å². The van der Waals surface area contributed by atoms with E-state index in [1.54, 1.807) is 18.2 Å². The molecule has 1 aromatic rings. The van der Waals surface area contributed by atoms with E-state index in [-0.39, 0.29) is 12.0 Å². The van der Waals surface area contributed by atoms with Gasteiger partial charge in [0.15, 0.2) is 0 Å². The van der Waals surface area contributed by atoms with Gasteiger partial charge in [-0.2, -0.15) is 0 Å². The summed E-state index contributed by atoms with van der Waals surface area (Å²) in [6.45, 7) is 2.43. The lowest BCUT2D eigenvalue weighted by molar-refractivity contribution is -0.119. The van der Waals surface area contributed by atoms with E-state index in [2.05, 4.69) is 16.0 Å². The zero-order valence-corrected chi connectivity index (χ0v) is 10.4. The fraction of sp³-hybridized carbons (Fsp3) is 0.333. The van der Waals surface area contributed by atoms with Gasteiger partial charge in [-0.05, 0) is 18.2 Å². The van der Waals surface area contributed by atoms with Crippen LogP contribution in [-0.2, 0) is 4.79 Å². The number of carbonyl (C=O) groups is 2. The van der Waals surface area contributed by atoms with Crippen LogP contribution in [-0.4, -0.2) is 36.3 Å². The van der Waals surface area contributed by atoms with Crippen molar-refractivity contribution >= 4 is 23.4 Å². The molecule has 0 aromatic heterocycles. The molecule has 0 fully saturated rings. The average Bonchev–Trinajstić information content (AvgIpc) is 2.35. The summed E-state index contributed by atoms with van der Waals surface area (Å²) in [5.74, 6) is 0.535. The molecule has 0 radical (unpaired) electrons. The Hall–Kier alpha value is -2.44. The third kappa shape index (κ3) is 3.51. The SMILES string of the molecule is CC(=O)NCC1CNc2cc(NC(=O)O)ccc2O1. The first-order valence-corrected chi connectivity index (χ1v) is 5.83. The number of nitrogens with one attached hydrogen (secondary N) is 3. The molecule has 0 saturated carbocycles. The van der Waals surface area contributed by atoms with Crippen molar-refractivity contribution in [1.29, 1.82) is 0 Å². The molecule has 7 nitrogen and oxygen atoms in total. The van der Waals surface area contributed by atoms with Crippen LogP contribution in [0, 0.1) is 0 Å². The monoisotopic (exact) mass is 265 g/mol. The van der Waals surface area contributed by atoms with Gasteiger partial charge < -0.3 is 20.5 Å². The molecule has 1 unspecified atom stereocenters. The highest BCUT2D eigenvalue weighted by Crippen LogP contribution is 2.31. The van der Waals surface area contributed by atoms with E-state index in [4.69, 9.17) is 9.84 Å². The number of carboxylic acid groups (broad SMARTS) is 1. The topological polar surface area (TPSA) is 99.7 Å². The van der Waals surface area contributed by atoms with Crippen molar-refractivity contribution in [3.8, 4) is 5.75 Å². The largest absolute Gasteiger partial charge is 0.485 e. The molecule has 19 heavy (non-hydrogen) atoms. The molecule has 102 valence electrons. The van der Waals surface area contributed by atoms with Gasteiger partial charge in [0, 0.05) is 12.6 Å². The highest BCUT2D eigenvalue weighted by Gasteiger charge is 2.19. The number of ether oxygens (including phenoxy) is 1. The Bertz CT molecular complexity index is 504. The fourth-order valence-electron chi connectivity index (χ4n) is 1.79. The van der Waals surface area contributed by atoms with Gasteiger partial charge in [-0.3, -0.25) is 10.1 Å². The highest BCUT2D eigenvalue weighted by molar-refractivity contribution is 5.84. The molecule has 1 aliphatic heterocycles. The van der Waals surface area contributed by atoms with Gasteiger partial charge in [-0.15, -0.1) is 0 Å². The van der Waals surface area contributed by atoms with Gasteiger partial charge in [-0.1, -0.05) is 0 Å². The Morgan fingerprint density at radius 1 is 1.53 bits per heavy atom. The lowest BCUT2D eigenvalue weighted by Gasteiger charge is -2.27. The van der Waals surface area contributed by atoms with E-state index < -0.39 is 6.09 Å². The van der Waals surface area contributed by atoms with Crippen LogP contribution in [0.2, 0.25) is 0 Å². The minimum Gasteiger partial charge on any atom is -0.485 e. The molecule has 4 N–H and O–H groups in total. The molecule has 0 bridgehead atoms.